The zero-order valence-electron chi connectivity index (χ0n) is 12.9. The molecule has 3 unspecified atom stereocenters. The predicted octanol–water partition coefficient (Wildman–Crippen LogP) is 3.37. The summed E-state index contributed by atoms with van der Waals surface area (Å²) < 4.78 is 0. The van der Waals surface area contributed by atoms with Gasteiger partial charge in [0.1, 0.15) is 0 Å². The van der Waals surface area contributed by atoms with Crippen LogP contribution in [-0.2, 0) is 0 Å². The number of aryl methyl sites for hydroxylation is 3. The van der Waals surface area contributed by atoms with Crippen LogP contribution < -0.4 is 5.32 Å². The Labute approximate surface area is 122 Å². The molecule has 0 aliphatic heterocycles. The molecule has 3 heteroatoms. The highest BCUT2D eigenvalue weighted by atomic mass is 32.2. The minimum atomic E-state index is 0.216. The molecule has 0 amide bonds. The summed E-state index contributed by atoms with van der Waals surface area (Å²) in [6.45, 7) is 11.0. The number of rotatable bonds is 6. The van der Waals surface area contributed by atoms with Gasteiger partial charge in [0.05, 0.1) is 6.61 Å². The Kier molecular flexibility index (Phi) is 6.37. The van der Waals surface area contributed by atoms with Crippen molar-refractivity contribution in [3.05, 3.63) is 34.4 Å². The predicted molar refractivity (Wildman–Crippen MR) is 86.1 cm³/mol. The molecule has 0 aromatic heterocycles. The second-order valence-corrected chi connectivity index (χ2v) is 6.50. The third-order valence-electron chi connectivity index (χ3n) is 3.90. The average molecular weight is 281 g/mol. The van der Waals surface area contributed by atoms with E-state index < -0.39 is 0 Å². The maximum absolute atomic E-state index is 9.35. The van der Waals surface area contributed by atoms with Gasteiger partial charge < -0.3 is 10.4 Å². The third-order valence-corrected chi connectivity index (χ3v) is 5.06. The van der Waals surface area contributed by atoms with Gasteiger partial charge in [-0.2, -0.15) is 11.8 Å². The lowest BCUT2D eigenvalue weighted by atomic mass is 9.96. The zero-order chi connectivity index (χ0) is 14.6. The topological polar surface area (TPSA) is 32.3 Å². The quantitative estimate of drug-likeness (QED) is 0.838. The molecule has 0 spiro atoms. The molecule has 1 aromatic rings. The molecule has 19 heavy (non-hydrogen) atoms. The molecule has 2 N–H and O–H groups in total. The molecule has 1 rings (SSSR count). The normalized spacial score (nSPS) is 16.2. The van der Waals surface area contributed by atoms with Crippen LogP contribution in [0, 0.1) is 20.8 Å². The number of thioether (sulfide) groups is 1. The van der Waals surface area contributed by atoms with Gasteiger partial charge in [-0.25, -0.2) is 0 Å². The summed E-state index contributed by atoms with van der Waals surface area (Å²) in [5.41, 5.74) is 5.37. The first-order chi connectivity index (χ1) is 8.90. The van der Waals surface area contributed by atoms with E-state index in [0.29, 0.717) is 6.04 Å². The van der Waals surface area contributed by atoms with E-state index in [-0.39, 0.29) is 17.9 Å². The Morgan fingerprint density at radius 1 is 1.11 bits per heavy atom. The van der Waals surface area contributed by atoms with E-state index in [2.05, 4.69) is 52.1 Å². The number of benzene rings is 1. The third kappa shape index (κ3) is 4.23. The highest BCUT2D eigenvalue weighted by molar-refractivity contribution is 7.99. The highest BCUT2D eigenvalue weighted by Crippen LogP contribution is 2.23. The summed E-state index contributed by atoms with van der Waals surface area (Å²) >= 11 is 1.71. The van der Waals surface area contributed by atoms with Crippen molar-refractivity contribution in [1.82, 2.24) is 5.32 Å². The molecule has 0 saturated heterocycles. The SMILES string of the molecule is CSC(CO)C(C)NC(C)c1cc(C)c(C)cc1C. The smallest absolute Gasteiger partial charge is 0.0564 e. The van der Waals surface area contributed by atoms with Crippen LogP contribution in [0.1, 0.15) is 42.1 Å². The van der Waals surface area contributed by atoms with Crippen LogP contribution in [0.2, 0.25) is 0 Å². The molecule has 0 bridgehead atoms. The lowest BCUT2D eigenvalue weighted by Crippen LogP contribution is -2.39. The first kappa shape index (κ1) is 16.5. The van der Waals surface area contributed by atoms with Gasteiger partial charge in [-0.15, -0.1) is 0 Å². The van der Waals surface area contributed by atoms with Gasteiger partial charge in [0.2, 0.25) is 0 Å². The Morgan fingerprint density at radius 2 is 1.68 bits per heavy atom. The van der Waals surface area contributed by atoms with Gasteiger partial charge in [-0.3, -0.25) is 0 Å². The minimum Gasteiger partial charge on any atom is -0.395 e. The van der Waals surface area contributed by atoms with Crippen molar-refractivity contribution in [2.45, 2.75) is 52.0 Å². The number of hydrogen-bond donors (Lipinski definition) is 2. The van der Waals surface area contributed by atoms with Gasteiger partial charge in [0.15, 0.2) is 0 Å². The fraction of sp³-hybridized carbons (Fsp3) is 0.625. The summed E-state index contributed by atoms with van der Waals surface area (Å²) in [5.74, 6) is 0. The summed E-state index contributed by atoms with van der Waals surface area (Å²) in [6.07, 6.45) is 2.05. The van der Waals surface area contributed by atoms with Crippen molar-refractivity contribution in [1.29, 1.82) is 0 Å². The van der Waals surface area contributed by atoms with Crippen LogP contribution in [0.15, 0.2) is 12.1 Å². The Balaban J connectivity index is 2.83. The number of hydrogen-bond acceptors (Lipinski definition) is 3. The van der Waals surface area contributed by atoms with E-state index >= 15 is 0 Å². The number of nitrogens with one attached hydrogen (secondary N) is 1. The molecule has 0 saturated carbocycles. The number of aliphatic hydroxyl groups is 1. The van der Waals surface area contributed by atoms with Gasteiger partial charge in [0.25, 0.3) is 0 Å². The van der Waals surface area contributed by atoms with Crippen LogP contribution in [0.25, 0.3) is 0 Å². The minimum absolute atomic E-state index is 0.216. The van der Waals surface area contributed by atoms with Crippen molar-refractivity contribution in [2.24, 2.45) is 0 Å². The molecule has 1 aromatic carbocycles. The van der Waals surface area contributed by atoms with Gasteiger partial charge in [-0.05, 0) is 63.1 Å². The van der Waals surface area contributed by atoms with Gasteiger partial charge in [-0.1, -0.05) is 12.1 Å². The van der Waals surface area contributed by atoms with Gasteiger partial charge >= 0.3 is 0 Å². The average Bonchev–Trinajstić information content (AvgIpc) is 2.35. The van der Waals surface area contributed by atoms with E-state index in [9.17, 15) is 5.11 Å². The lowest BCUT2D eigenvalue weighted by Gasteiger charge is -2.27. The largest absolute Gasteiger partial charge is 0.395 e. The molecule has 0 aliphatic carbocycles. The Bertz CT molecular complexity index is 415. The maximum Gasteiger partial charge on any atom is 0.0564 e. The molecule has 0 radical (unpaired) electrons. The fourth-order valence-corrected chi connectivity index (χ4v) is 3.11. The van der Waals surface area contributed by atoms with E-state index in [0.717, 1.165) is 0 Å². The van der Waals surface area contributed by atoms with Crippen LogP contribution in [0.5, 0.6) is 0 Å². The van der Waals surface area contributed by atoms with E-state index in [1.165, 1.54) is 22.3 Å². The number of aliphatic hydroxyl groups excluding tert-OH is 1. The lowest BCUT2D eigenvalue weighted by molar-refractivity contribution is 0.271. The van der Waals surface area contributed by atoms with Crippen LogP contribution in [0.3, 0.4) is 0 Å². The standard InChI is InChI=1S/C16H27NOS/c1-10-7-12(3)15(8-11(10)2)13(4)17-14(5)16(9-18)19-6/h7-8,13-14,16-18H,9H2,1-6H3. The zero-order valence-corrected chi connectivity index (χ0v) is 13.8. The van der Waals surface area contributed by atoms with Crippen LogP contribution >= 0.6 is 11.8 Å². The second kappa shape index (κ2) is 7.32. The fourth-order valence-electron chi connectivity index (χ4n) is 2.48. The van der Waals surface area contributed by atoms with Crippen molar-refractivity contribution < 1.29 is 5.11 Å². The van der Waals surface area contributed by atoms with Crippen LogP contribution in [0.4, 0.5) is 0 Å². The second-order valence-electron chi connectivity index (χ2n) is 5.43. The Morgan fingerprint density at radius 3 is 2.21 bits per heavy atom. The van der Waals surface area contributed by atoms with Crippen molar-refractivity contribution in [3.8, 4) is 0 Å². The first-order valence-electron chi connectivity index (χ1n) is 6.88. The first-order valence-corrected chi connectivity index (χ1v) is 8.17. The maximum atomic E-state index is 9.35. The van der Waals surface area contributed by atoms with E-state index in [1.807, 2.05) is 6.26 Å². The highest BCUT2D eigenvalue weighted by Gasteiger charge is 2.18. The molecule has 0 heterocycles. The van der Waals surface area contributed by atoms with E-state index in [4.69, 9.17) is 0 Å². The molecule has 0 aliphatic rings. The molecule has 2 nitrogen and oxygen atoms in total. The summed E-state index contributed by atoms with van der Waals surface area (Å²) in [6, 6.07) is 5.12. The van der Waals surface area contributed by atoms with Crippen LogP contribution in [-0.4, -0.2) is 29.3 Å². The van der Waals surface area contributed by atoms with Crippen molar-refractivity contribution in [3.63, 3.8) is 0 Å². The molecule has 3 atom stereocenters. The Hall–Kier alpha value is -0.510. The molecule has 0 fully saturated rings. The molecule has 108 valence electrons. The van der Waals surface area contributed by atoms with E-state index in [1.54, 1.807) is 11.8 Å². The summed E-state index contributed by atoms with van der Waals surface area (Å²) in [7, 11) is 0. The monoisotopic (exact) mass is 281 g/mol. The molecular weight excluding hydrogens is 254 g/mol. The molecular formula is C16H27NOS. The van der Waals surface area contributed by atoms with Crippen molar-refractivity contribution >= 4 is 11.8 Å². The summed E-state index contributed by atoms with van der Waals surface area (Å²) in [5, 5.41) is 13.2. The van der Waals surface area contributed by atoms with Crippen molar-refractivity contribution in [2.75, 3.05) is 12.9 Å². The van der Waals surface area contributed by atoms with Gasteiger partial charge in [0, 0.05) is 17.3 Å². The summed E-state index contributed by atoms with van der Waals surface area (Å²) in [4.78, 5) is 0.